The highest BCUT2D eigenvalue weighted by atomic mass is 16.2. The van der Waals surface area contributed by atoms with Crippen LogP contribution in [0.1, 0.15) is 52.9 Å². The summed E-state index contributed by atoms with van der Waals surface area (Å²) in [4.78, 5) is 27.8. The van der Waals surface area contributed by atoms with Gasteiger partial charge in [0.15, 0.2) is 0 Å². The predicted octanol–water partition coefficient (Wildman–Crippen LogP) is 4.69. The molecule has 0 spiro atoms. The number of nitrogens with one attached hydrogen (secondary N) is 3. The average molecular weight is 386 g/mol. The van der Waals surface area contributed by atoms with E-state index in [0.717, 1.165) is 5.56 Å². The molecule has 146 valence electrons. The first kappa shape index (κ1) is 19.9. The molecule has 29 heavy (non-hydrogen) atoms. The van der Waals surface area contributed by atoms with E-state index in [4.69, 9.17) is 5.26 Å². The topological polar surface area (TPSA) is 97.8 Å². The molecule has 1 heterocycles. The van der Waals surface area contributed by atoms with Gasteiger partial charge in [-0.15, -0.1) is 0 Å². The molecule has 3 aromatic rings. The van der Waals surface area contributed by atoms with Crippen molar-refractivity contribution in [1.82, 2.24) is 4.98 Å². The molecule has 0 unspecified atom stereocenters. The summed E-state index contributed by atoms with van der Waals surface area (Å²) in [6, 6.07) is 19.4. The van der Waals surface area contributed by atoms with Crippen molar-refractivity contribution in [3.63, 3.8) is 0 Å². The fourth-order valence-electron chi connectivity index (χ4n) is 2.80. The molecule has 0 aliphatic rings. The van der Waals surface area contributed by atoms with Gasteiger partial charge in [-0.3, -0.25) is 9.59 Å². The van der Waals surface area contributed by atoms with E-state index in [1.54, 1.807) is 36.4 Å². The summed E-state index contributed by atoms with van der Waals surface area (Å²) in [5.74, 6) is -0.665. The van der Waals surface area contributed by atoms with Gasteiger partial charge >= 0.3 is 0 Å². The zero-order chi connectivity index (χ0) is 21.0. The van der Waals surface area contributed by atoms with Crippen molar-refractivity contribution in [3.8, 4) is 6.07 Å². The maximum atomic E-state index is 12.7. The Kier molecular flexibility index (Phi) is 5.51. The van der Waals surface area contributed by atoms with E-state index in [1.165, 1.54) is 12.1 Å². The van der Waals surface area contributed by atoms with Crippen LogP contribution in [-0.2, 0) is 5.41 Å². The first-order valence-corrected chi connectivity index (χ1v) is 9.19. The molecule has 2 amide bonds. The molecule has 6 nitrogen and oxygen atoms in total. The van der Waals surface area contributed by atoms with E-state index in [-0.39, 0.29) is 17.0 Å². The Bertz CT molecular complexity index is 1080. The second-order valence-corrected chi connectivity index (χ2v) is 7.68. The number of nitrogens with zero attached hydrogens (tertiary/aromatic N) is 1. The van der Waals surface area contributed by atoms with Gasteiger partial charge in [0.25, 0.3) is 11.8 Å². The predicted molar refractivity (Wildman–Crippen MR) is 113 cm³/mol. The van der Waals surface area contributed by atoms with Gasteiger partial charge in [0.2, 0.25) is 0 Å². The lowest BCUT2D eigenvalue weighted by molar-refractivity contribution is 0.101. The fraction of sp³-hybridized carbons (Fsp3) is 0.174. The molecule has 1 aromatic heterocycles. The molecule has 0 atom stereocenters. The van der Waals surface area contributed by atoms with E-state index in [0.29, 0.717) is 22.6 Å². The van der Waals surface area contributed by atoms with Crippen LogP contribution in [0.5, 0.6) is 0 Å². The van der Waals surface area contributed by atoms with E-state index in [9.17, 15) is 9.59 Å². The third-order valence-electron chi connectivity index (χ3n) is 4.49. The lowest BCUT2D eigenvalue weighted by Gasteiger charge is -2.19. The zero-order valence-corrected chi connectivity index (χ0v) is 16.5. The van der Waals surface area contributed by atoms with Gasteiger partial charge in [-0.1, -0.05) is 45.0 Å². The quantitative estimate of drug-likeness (QED) is 0.607. The van der Waals surface area contributed by atoms with Crippen molar-refractivity contribution in [2.24, 2.45) is 0 Å². The lowest BCUT2D eigenvalue weighted by atomic mass is 9.87. The number of aromatic amines is 1. The van der Waals surface area contributed by atoms with Crippen molar-refractivity contribution in [1.29, 1.82) is 5.26 Å². The Balaban J connectivity index is 1.76. The van der Waals surface area contributed by atoms with E-state index in [1.807, 2.05) is 18.2 Å². The van der Waals surface area contributed by atoms with Gasteiger partial charge in [0.1, 0.15) is 17.5 Å². The van der Waals surface area contributed by atoms with Crippen LogP contribution in [0.25, 0.3) is 0 Å². The number of amides is 2. The standard InChI is InChI=1S/C23H22N4O2/c1-23(2,3)16-10-8-15(9-11-16)21(28)26-18-6-4-5-7-19(18)27-22(29)20-13-12-17(14-24)25-20/h4-13,25H,1-3H3,(H,26,28)(H,27,29). The van der Waals surface area contributed by atoms with Crippen molar-refractivity contribution < 1.29 is 9.59 Å². The highest BCUT2D eigenvalue weighted by Crippen LogP contribution is 2.24. The Labute approximate surface area is 169 Å². The highest BCUT2D eigenvalue weighted by Gasteiger charge is 2.16. The highest BCUT2D eigenvalue weighted by molar-refractivity contribution is 6.09. The van der Waals surface area contributed by atoms with Crippen LogP contribution in [0.15, 0.2) is 60.7 Å². The van der Waals surface area contributed by atoms with Crippen LogP contribution in [0, 0.1) is 11.3 Å². The molecule has 2 aromatic carbocycles. The second-order valence-electron chi connectivity index (χ2n) is 7.68. The van der Waals surface area contributed by atoms with E-state index >= 15 is 0 Å². The van der Waals surface area contributed by atoms with Crippen LogP contribution >= 0.6 is 0 Å². The monoisotopic (exact) mass is 386 g/mol. The number of carbonyl (C=O) groups is 2. The summed E-state index contributed by atoms with van der Waals surface area (Å²) in [5.41, 5.74) is 3.19. The van der Waals surface area contributed by atoms with Crippen molar-refractivity contribution >= 4 is 23.2 Å². The molecule has 0 saturated carbocycles. The molecular weight excluding hydrogens is 364 g/mol. The van der Waals surface area contributed by atoms with Crippen LogP contribution in [0.2, 0.25) is 0 Å². The maximum absolute atomic E-state index is 12.7. The number of benzene rings is 2. The number of carbonyl (C=O) groups excluding carboxylic acids is 2. The number of para-hydroxylation sites is 2. The normalized spacial score (nSPS) is 10.8. The minimum Gasteiger partial charge on any atom is -0.342 e. The van der Waals surface area contributed by atoms with E-state index < -0.39 is 5.91 Å². The molecule has 0 aliphatic heterocycles. The van der Waals surface area contributed by atoms with Gasteiger partial charge in [-0.05, 0) is 47.4 Å². The Hall–Kier alpha value is -3.85. The number of nitriles is 1. The minimum absolute atomic E-state index is 0.00904. The molecule has 0 radical (unpaired) electrons. The molecule has 0 aliphatic carbocycles. The number of H-pyrrole nitrogens is 1. The first-order valence-electron chi connectivity index (χ1n) is 9.19. The fourth-order valence-corrected chi connectivity index (χ4v) is 2.80. The summed E-state index contributed by atoms with van der Waals surface area (Å²) >= 11 is 0. The van der Waals surface area contributed by atoms with Crippen molar-refractivity contribution in [2.45, 2.75) is 26.2 Å². The van der Waals surface area contributed by atoms with Crippen molar-refractivity contribution in [3.05, 3.63) is 83.2 Å². The summed E-state index contributed by atoms with van der Waals surface area (Å²) < 4.78 is 0. The van der Waals surface area contributed by atoms with Crippen LogP contribution < -0.4 is 10.6 Å². The molecule has 0 fully saturated rings. The molecule has 0 saturated heterocycles. The molecule has 3 rings (SSSR count). The van der Waals surface area contributed by atoms with Crippen molar-refractivity contribution in [2.75, 3.05) is 10.6 Å². The van der Waals surface area contributed by atoms with Gasteiger partial charge in [0, 0.05) is 5.56 Å². The van der Waals surface area contributed by atoms with Crippen LogP contribution in [0.3, 0.4) is 0 Å². The van der Waals surface area contributed by atoms with Gasteiger partial charge < -0.3 is 15.6 Å². The smallest absolute Gasteiger partial charge is 0.272 e. The number of aromatic nitrogens is 1. The Morgan fingerprint density at radius 1 is 0.862 bits per heavy atom. The van der Waals surface area contributed by atoms with Crippen LogP contribution in [-0.4, -0.2) is 16.8 Å². The molecule has 6 heteroatoms. The molecular formula is C23H22N4O2. The average Bonchev–Trinajstić information content (AvgIpc) is 3.18. The summed E-state index contributed by atoms with van der Waals surface area (Å²) in [5, 5.41) is 14.5. The Morgan fingerprint density at radius 3 is 1.97 bits per heavy atom. The third-order valence-corrected chi connectivity index (χ3v) is 4.49. The number of rotatable bonds is 4. The van der Waals surface area contributed by atoms with Gasteiger partial charge in [-0.25, -0.2) is 0 Å². The zero-order valence-electron chi connectivity index (χ0n) is 16.5. The number of anilines is 2. The molecule has 0 bridgehead atoms. The largest absolute Gasteiger partial charge is 0.342 e. The number of hydrogen-bond acceptors (Lipinski definition) is 3. The van der Waals surface area contributed by atoms with Crippen LogP contribution in [0.4, 0.5) is 11.4 Å². The maximum Gasteiger partial charge on any atom is 0.272 e. The third kappa shape index (κ3) is 4.71. The van der Waals surface area contributed by atoms with Gasteiger partial charge in [-0.2, -0.15) is 5.26 Å². The molecule has 3 N–H and O–H groups in total. The lowest BCUT2D eigenvalue weighted by Crippen LogP contribution is -2.17. The minimum atomic E-state index is -0.400. The summed E-state index contributed by atoms with van der Waals surface area (Å²) in [6.45, 7) is 6.35. The summed E-state index contributed by atoms with van der Waals surface area (Å²) in [7, 11) is 0. The summed E-state index contributed by atoms with van der Waals surface area (Å²) in [6.07, 6.45) is 0. The van der Waals surface area contributed by atoms with Gasteiger partial charge in [0.05, 0.1) is 11.4 Å². The first-order chi connectivity index (χ1) is 13.8. The Morgan fingerprint density at radius 2 is 1.45 bits per heavy atom. The number of hydrogen-bond donors (Lipinski definition) is 3. The second kappa shape index (κ2) is 8.03. The van der Waals surface area contributed by atoms with E-state index in [2.05, 4.69) is 36.4 Å². The SMILES string of the molecule is CC(C)(C)c1ccc(C(=O)Nc2ccccc2NC(=O)c2ccc(C#N)[nH]2)cc1.